The first-order valence-electron chi connectivity index (χ1n) is 6.14. The molecule has 2 aromatic carbocycles. The molecule has 100 valence electrons. The Hall–Kier alpha value is -2.14. The molecule has 1 heterocycles. The van der Waals surface area contributed by atoms with Gasteiger partial charge in [0.25, 0.3) is 0 Å². The zero-order valence-electron chi connectivity index (χ0n) is 10.6. The van der Waals surface area contributed by atoms with Crippen LogP contribution in [0.15, 0.2) is 57.5 Å². The van der Waals surface area contributed by atoms with Gasteiger partial charge in [-0.15, -0.1) is 0 Å². The standard InChI is InChI=1S/C15H12BrN3O/c16-11-5-3-4-10(8-11)9-14-18-15(19-20-14)12-6-1-2-7-13(12)17/h1-8H,9,17H2. The van der Waals surface area contributed by atoms with E-state index in [9.17, 15) is 0 Å². The highest BCUT2D eigenvalue weighted by molar-refractivity contribution is 9.10. The topological polar surface area (TPSA) is 64.9 Å². The van der Waals surface area contributed by atoms with Crippen LogP contribution in [0.4, 0.5) is 5.69 Å². The van der Waals surface area contributed by atoms with Crippen molar-refractivity contribution in [3.05, 3.63) is 64.5 Å². The van der Waals surface area contributed by atoms with Crippen LogP contribution in [0.2, 0.25) is 0 Å². The minimum Gasteiger partial charge on any atom is -0.398 e. The Kier molecular flexibility index (Phi) is 3.52. The molecule has 0 aliphatic heterocycles. The number of nitrogen functional groups attached to an aromatic ring is 1. The summed E-state index contributed by atoms with van der Waals surface area (Å²) in [4.78, 5) is 4.39. The molecule has 1 aromatic heterocycles. The molecule has 0 saturated carbocycles. The van der Waals surface area contributed by atoms with E-state index in [1.54, 1.807) is 0 Å². The van der Waals surface area contributed by atoms with Crippen molar-refractivity contribution in [3.8, 4) is 11.4 Å². The lowest BCUT2D eigenvalue weighted by Crippen LogP contribution is -1.91. The molecule has 2 N–H and O–H groups in total. The van der Waals surface area contributed by atoms with Gasteiger partial charge in [-0.05, 0) is 29.8 Å². The molecule has 0 spiro atoms. The largest absolute Gasteiger partial charge is 0.398 e. The Morgan fingerprint density at radius 2 is 1.95 bits per heavy atom. The number of anilines is 1. The summed E-state index contributed by atoms with van der Waals surface area (Å²) in [6.45, 7) is 0. The van der Waals surface area contributed by atoms with Crippen LogP contribution in [-0.2, 0) is 6.42 Å². The number of hydrogen-bond acceptors (Lipinski definition) is 4. The van der Waals surface area contributed by atoms with Gasteiger partial charge in [0.2, 0.25) is 11.7 Å². The molecule has 0 fully saturated rings. The molecule has 3 aromatic rings. The van der Waals surface area contributed by atoms with E-state index >= 15 is 0 Å². The van der Waals surface area contributed by atoms with Gasteiger partial charge in [0.15, 0.2) is 0 Å². The van der Waals surface area contributed by atoms with Crippen molar-refractivity contribution in [3.63, 3.8) is 0 Å². The average molecular weight is 330 g/mol. The molecule has 20 heavy (non-hydrogen) atoms. The first-order chi connectivity index (χ1) is 9.72. The van der Waals surface area contributed by atoms with E-state index < -0.39 is 0 Å². The quantitative estimate of drug-likeness (QED) is 0.744. The predicted molar refractivity (Wildman–Crippen MR) is 81.1 cm³/mol. The molecule has 0 atom stereocenters. The molecule has 0 saturated heterocycles. The van der Waals surface area contributed by atoms with E-state index in [1.165, 1.54) is 0 Å². The smallest absolute Gasteiger partial charge is 0.231 e. The summed E-state index contributed by atoms with van der Waals surface area (Å²) in [7, 11) is 0. The third kappa shape index (κ3) is 2.72. The summed E-state index contributed by atoms with van der Waals surface area (Å²) in [6.07, 6.45) is 0.596. The Morgan fingerprint density at radius 3 is 2.75 bits per heavy atom. The highest BCUT2D eigenvalue weighted by atomic mass is 79.9. The van der Waals surface area contributed by atoms with E-state index in [2.05, 4.69) is 26.1 Å². The highest BCUT2D eigenvalue weighted by Gasteiger charge is 2.11. The van der Waals surface area contributed by atoms with Crippen LogP contribution in [0.1, 0.15) is 11.5 Å². The number of aromatic nitrogens is 2. The minimum atomic E-state index is 0.521. The molecule has 0 amide bonds. The first-order valence-corrected chi connectivity index (χ1v) is 6.93. The highest BCUT2D eigenvalue weighted by Crippen LogP contribution is 2.23. The fraction of sp³-hybridized carbons (Fsp3) is 0.0667. The molecule has 0 unspecified atom stereocenters. The van der Waals surface area contributed by atoms with E-state index in [0.29, 0.717) is 23.8 Å². The van der Waals surface area contributed by atoms with E-state index in [0.717, 1.165) is 15.6 Å². The Balaban J connectivity index is 1.86. The average Bonchev–Trinajstić information content (AvgIpc) is 2.87. The third-order valence-corrected chi connectivity index (χ3v) is 3.41. The van der Waals surface area contributed by atoms with Crippen LogP contribution in [0.3, 0.4) is 0 Å². The summed E-state index contributed by atoms with van der Waals surface area (Å²) in [5.41, 5.74) is 8.44. The zero-order valence-corrected chi connectivity index (χ0v) is 12.2. The number of halogens is 1. The van der Waals surface area contributed by atoms with Gasteiger partial charge in [0.05, 0.1) is 6.42 Å². The first kappa shape index (κ1) is 12.9. The van der Waals surface area contributed by atoms with Crippen molar-refractivity contribution in [1.82, 2.24) is 10.1 Å². The van der Waals surface area contributed by atoms with Gasteiger partial charge < -0.3 is 10.3 Å². The maximum Gasteiger partial charge on any atom is 0.231 e. The summed E-state index contributed by atoms with van der Waals surface area (Å²) < 4.78 is 6.32. The molecule has 3 rings (SSSR count). The third-order valence-electron chi connectivity index (χ3n) is 2.91. The Morgan fingerprint density at radius 1 is 1.10 bits per heavy atom. The molecule has 4 nitrogen and oxygen atoms in total. The number of para-hydroxylation sites is 1. The SMILES string of the molecule is Nc1ccccc1-c1noc(Cc2cccc(Br)c2)n1. The van der Waals surface area contributed by atoms with Crippen LogP contribution < -0.4 is 5.73 Å². The monoisotopic (exact) mass is 329 g/mol. The normalized spacial score (nSPS) is 10.7. The summed E-state index contributed by atoms with van der Waals surface area (Å²) in [5, 5.41) is 3.99. The maximum absolute atomic E-state index is 5.91. The van der Waals surface area contributed by atoms with Crippen molar-refractivity contribution in [2.45, 2.75) is 6.42 Å². The van der Waals surface area contributed by atoms with Crippen LogP contribution >= 0.6 is 15.9 Å². The van der Waals surface area contributed by atoms with Crippen LogP contribution in [-0.4, -0.2) is 10.1 Å². The predicted octanol–water partition coefficient (Wildman–Crippen LogP) is 3.67. The molecule has 5 heteroatoms. The maximum atomic E-state index is 5.91. The van der Waals surface area contributed by atoms with Crippen molar-refractivity contribution in [1.29, 1.82) is 0 Å². The lowest BCUT2D eigenvalue weighted by molar-refractivity contribution is 0.385. The zero-order chi connectivity index (χ0) is 13.9. The van der Waals surface area contributed by atoms with Gasteiger partial charge in [-0.25, -0.2) is 0 Å². The van der Waals surface area contributed by atoms with E-state index in [-0.39, 0.29) is 0 Å². The van der Waals surface area contributed by atoms with Gasteiger partial charge in [0, 0.05) is 15.7 Å². The van der Waals surface area contributed by atoms with Gasteiger partial charge >= 0.3 is 0 Å². The summed E-state index contributed by atoms with van der Waals surface area (Å²) in [5.74, 6) is 1.09. The second-order valence-electron chi connectivity index (χ2n) is 4.41. The van der Waals surface area contributed by atoms with Crippen molar-refractivity contribution < 1.29 is 4.52 Å². The number of benzene rings is 2. The minimum absolute atomic E-state index is 0.521. The second-order valence-corrected chi connectivity index (χ2v) is 5.32. The van der Waals surface area contributed by atoms with Crippen LogP contribution in [0.5, 0.6) is 0 Å². The molecule has 0 radical (unpaired) electrons. The van der Waals surface area contributed by atoms with Gasteiger partial charge in [-0.3, -0.25) is 0 Å². The lowest BCUT2D eigenvalue weighted by Gasteiger charge is -1.98. The van der Waals surface area contributed by atoms with Crippen molar-refractivity contribution in [2.24, 2.45) is 0 Å². The van der Waals surface area contributed by atoms with Gasteiger partial charge in [0.1, 0.15) is 0 Å². The van der Waals surface area contributed by atoms with Crippen molar-refractivity contribution >= 4 is 21.6 Å². The number of nitrogens with zero attached hydrogens (tertiary/aromatic N) is 2. The number of rotatable bonds is 3. The molecule has 0 aliphatic rings. The number of nitrogens with two attached hydrogens (primary N) is 1. The lowest BCUT2D eigenvalue weighted by atomic mass is 10.1. The fourth-order valence-electron chi connectivity index (χ4n) is 1.96. The molecule has 0 aliphatic carbocycles. The number of hydrogen-bond donors (Lipinski definition) is 1. The van der Waals surface area contributed by atoms with Crippen LogP contribution in [0, 0.1) is 0 Å². The Bertz CT molecular complexity index is 739. The Labute approximate surface area is 124 Å². The second kappa shape index (κ2) is 5.46. The fourth-order valence-corrected chi connectivity index (χ4v) is 2.40. The summed E-state index contributed by atoms with van der Waals surface area (Å²) in [6, 6.07) is 15.5. The molecular weight excluding hydrogens is 318 g/mol. The summed E-state index contributed by atoms with van der Waals surface area (Å²) >= 11 is 3.44. The van der Waals surface area contributed by atoms with Gasteiger partial charge in [-0.2, -0.15) is 4.98 Å². The van der Waals surface area contributed by atoms with Crippen LogP contribution in [0.25, 0.3) is 11.4 Å². The molecular formula is C15H12BrN3O. The van der Waals surface area contributed by atoms with Gasteiger partial charge in [-0.1, -0.05) is 45.4 Å². The molecule has 0 bridgehead atoms. The van der Waals surface area contributed by atoms with E-state index in [1.807, 2.05) is 48.5 Å². The van der Waals surface area contributed by atoms with E-state index in [4.69, 9.17) is 10.3 Å². The van der Waals surface area contributed by atoms with Crippen molar-refractivity contribution in [2.75, 3.05) is 5.73 Å².